The molecule has 3 nitrogen and oxygen atoms in total. The number of ether oxygens (including phenoxy) is 1. The second kappa shape index (κ2) is 4.80. The second-order valence-corrected chi connectivity index (χ2v) is 6.07. The minimum atomic E-state index is -0.0205. The molecule has 19 heavy (non-hydrogen) atoms. The number of piperidine rings is 1. The highest BCUT2D eigenvalue weighted by molar-refractivity contribution is 5.41. The summed E-state index contributed by atoms with van der Waals surface area (Å²) in [7, 11) is 0. The number of nitrogens with two attached hydrogens (primary N) is 1. The van der Waals surface area contributed by atoms with E-state index < -0.39 is 0 Å². The first-order chi connectivity index (χ1) is 9.12. The maximum Gasteiger partial charge on any atom is 0.124 e. The summed E-state index contributed by atoms with van der Waals surface area (Å²) in [5.74, 6) is 1.01. The van der Waals surface area contributed by atoms with Gasteiger partial charge in [-0.25, -0.2) is 0 Å². The van der Waals surface area contributed by atoms with Crippen LogP contribution in [0.15, 0.2) is 18.2 Å². The van der Waals surface area contributed by atoms with Gasteiger partial charge in [-0.1, -0.05) is 24.6 Å². The Hall–Kier alpha value is -1.06. The predicted molar refractivity (Wildman–Crippen MR) is 77.4 cm³/mol. The van der Waals surface area contributed by atoms with E-state index in [9.17, 15) is 0 Å². The Morgan fingerprint density at radius 1 is 1.37 bits per heavy atom. The lowest BCUT2D eigenvalue weighted by Gasteiger charge is -2.46. The molecule has 0 aromatic heterocycles. The van der Waals surface area contributed by atoms with E-state index in [1.807, 2.05) is 0 Å². The zero-order chi connectivity index (χ0) is 13.5. The van der Waals surface area contributed by atoms with Crippen LogP contribution in [-0.4, -0.2) is 30.1 Å². The standard InChI is InChI=1S/C16H24N2O/c1-3-18-8-6-16(7-9-18)11-14(17)13-10-12(2)4-5-15(13)19-16/h4-5,10,14H,3,6-9,11,17H2,1-2H3/t14-/m0/s1. The number of nitrogens with zero attached hydrogens (tertiary/aromatic N) is 1. The van der Waals surface area contributed by atoms with Crippen molar-refractivity contribution < 1.29 is 4.74 Å². The fourth-order valence-corrected chi connectivity index (χ4v) is 3.42. The van der Waals surface area contributed by atoms with E-state index in [-0.39, 0.29) is 11.6 Å². The molecule has 2 N–H and O–H groups in total. The summed E-state index contributed by atoms with van der Waals surface area (Å²) in [6.45, 7) is 7.73. The van der Waals surface area contributed by atoms with Crippen LogP contribution in [-0.2, 0) is 0 Å². The molecule has 3 heteroatoms. The van der Waals surface area contributed by atoms with Gasteiger partial charge in [0.05, 0.1) is 0 Å². The predicted octanol–water partition coefficient (Wildman–Crippen LogP) is 2.63. The monoisotopic (exact) mass is 260 g/mol. The Kier molecular flexibility index (Phi) is 3.27. The zero-order valence-electron chi connectivity index (χ0n) is 12.0. The molecule has 0 amide bonds. The minimum Gasteiger partial charge on any atom is -0.487 e. The largest absolute Gasteiger partial charge is 0.487 e. The summed E-state index contributed by atoms with van der Waals surface area (Å²) in [5.41, 5.74) is 8.82. The number of likely N-dealkylation sites (tertiary alicyclic amines) is 1. The summed E-state index contributed by atoms with van der Waals surface area (Å²) in [4.78, 5) is 2.49. The third kappa shape index (κ3) is 2.37. The molecule has 1 aromatic carbocycles. The highest BCUT2D eigenvalue weighted by Gasteiger charge is 2.41. The average Bonchev–Trinajstić information content (AvgIpc) is 2.41. The van der Waals surface area contributed by atoms with Gasteiger partial charge < -0.3 is 15.4 Å². The number of rotatable bonds is 1. The molecule has 1 saturated heterocycles. The van der Waals surface area contributed by atoms with Crippen LogP contribution in [0.5, 0.6) is 5.75 Å². The van der Waals surface area contributed by atoms with Gasteiger partial charge in [0.1, 0.15) is 11.4 Å². The summed E-state index contributed by atoms with van der Waals surface area (Å²) >= 11 is 0. The molecule has 1 aromatic rings. The van der Waals surface area contributed by atoms with Crippen molar-refractivity contribution in [3.8, 4) is 5.75 Å². The van der Waals surface area contributed by atoms with Crippen molar-refractivity contribution in [1.82, 2.24) is 4.90 Å². The van der Waals surface area contributed by atoms with E-state index in [0.717, 1.165) is 44.6 Å². The van der Waals surface area contributed by atoms with E-state index >= 15 is 0 Å². The lowest BCUT2D eigenvalue weighted by atomic mass is 9.80. The van der Waals surface area contributed by atoms with Crippen LogP contribution < -0.4 is 10.5 Å². The van der Waals surface area contributed by atoms with Crippen molar-refractivity contribution in [2.45, 2.75) is 44.8 Å². The van der Waals surface area contributed by atoms with Crippen LogP contribution in [0.2, 0.25) is 0 Å². The van der Waals surface area contributed by atoms with Gasteiger partial charge in [-0.2, -0.15) is 0 Å². The molecule has 0 saturated carbocycles. The molecule has 1 fully saturated rings. The minimum absolute atomic E-state index is 0.0205. The molecule has 0 bridgehead atoms. The number of aryl methyl sites for hydroxylation is 1. The van der Waals surface area contributed by atoms with Crippen molar-refractivity contribution in [2.75, 3.05) is 19.6 Å². The Balaban J connectivity index is 1.83. The molecular weight excluding hydrogens is 236 g/mol. The Morgan fingerprint density at radius 3 is 2.79 bits per heavy atom. The number of benzene rings is 1. The lowest BCUT2D eigenvalue weighted by molar-refractivity contribution is -0.0205. The van der Waals surface area contributed by atoms with Crippen molar-refractivity contribution in [2.24, 2.45) is 5.73 Å². The molecule has 2 aliphatic rings. The first-order valence-electron chi connectivity index (χ1n) is 7.39. The molecule has 0 unspecified atom stereocenters. The van der Waals surface area contributed by atoms with E-state index in [1.165, 1.54) is 11.1 Å². The van der Waals surface area contributed by atoms with Gasteiger partial charge in [-0.05, 0) is 32.4 Å². The maximum absolute atomic E-state index is 6.39. The van der Waals surface area contributed by atoms with Crippen LogP contribution >= 0.6 is 0 Å². The summed E-state index contributed by atoms with van der Waals surface area (Å²) in [6.07, 6.45) is 3.16. The van der Waals surface area contributed by atoms with Gasteiger partial charge in [0.25, 0.3) is 0 Å². The quantitative estimate of drug-likeness (QED) is 0.843. The number of fused-ring (bicyclic) bond motifs is 1. The van der Waals surface area contributed by atoms with Gasteiger partial charge in [-0.15, -0.1) is 0 Å². The Bertz CT molecular complexity index is 464. The molecule has 1 spiro atoms. The van der Waals surface area contributed by atoms with E-state index in [2.05, 4.69) is 36.9 Å². The van der Waals surface area contributed by atoms with Crippen LogP contribution in [0.4, 0.5) is 0 Å². The first kappa shape index (κ1) is 12.9. The van der Waals surface area contributed by atoms with Gasteiger partial charge >= 0.3 is 0 Å². The van der Waals surface area contributed by atoms with E-state index in [1.54, 1.807) is 0 Å². The maximum atomic E-state index is 6.39. The second-order valence-electron chi connectivity index (χ2n) is 6.07. The smallest absolute Gasteiger partial charge is 0.124 e. The molecule has 0 radical (unpaired) electrons. The van der Waals surface area contributed by atoms with Crippen molar-refractivity contribution >= 4 is 0 Å². The molecule has 1 atom stereocenters. The molecule has 2 aliphatic heterocycles. The first-order valence-corrected chi connectivity index (χ1v) is 7.39. The van der Waals surface area contributed by atoms with Crippen LogP contribution in [0, 0.1) is 6.92 Å². The Morgan fingerprint density at radius 2 is 2.11 bits per heavy atom. The SMILES string of the molecule is CCN1CCC2(CC1)C[C@H](N)c1cc(C)ccc1O2. The van der Waals surface area contributed by atoms with Crippen molar-refractivity contribution in [3.63, 3.8) is 0 Å². The van der Waals surface area contributed by atoms with E-state index in [4.69, 9.17) is 10.5 Å². The van der Waals surface area contributed by atoms with Gasteiger partial charge in [0.2, 0.25) is 0 Å². The zero-order valence-corrected chi connectivity index (χ0v) is 12.0. The molecular formula is C16H24N2O. The average molecular weight is 260 g/mol. The molecule has 2 heterocycles. The fraction of sp³-hybridized carbons (Fsp3) is 0.625. The summed E-state index contributed by atoms with van der Waals surface area (Å²) in [6, 6.07) is 6.51. The van der Waals surface area contributed by atoms with Crippen LogP contribution in [0.25, 0.3) is 0 Å². The lowest BCUT2D eigenvalue weighted by Crippen LogP contribution is -2.51. The topological polar surface area (TPSA) is 38.5 Å². The third-order valence-corrected chi connectivity index (χ3v) is 4.70. The summed E-state index contributed by atoms with van der Waals surface area (Å²) in [5, 5.41) is 0. The third-order valence-electron chi connectivity index (χ3n) is 4.70. The van der Waals surface area contributed by atoms with Crippen LogP contribution in [0.1, 0.15) is 43.4 Å². The van der Waals surface area contributed by atoms with Gasteiger partial charge in [0.15, 0.2) is 0 Å². The van der Waals surface area contributed by atoms with Gasteiger partial charge in [-0.3, -0.25) is 0 Å². The highest BCUT2D eigenvalue weighted by Crippen LogP contribution is 2.43. The van der Waals surface area contributed by atoms with Crippen molar-refractivity contribution in [1.29, 1.82) is 0 Å². The normalized spacial score (nSPS) is 25.9. The Labute approximate surface area is 115 Å². The molecule has 3 rings (SSSR count). The van der Waals surface area contributed by atoms with Crippen LogP contribution in [0.3, 0.4) is 0 Å². The molecule has 104 valence electrons. The molecule has 0 aliphatic carbocycles. The van der Waals surface area contributed by atoms with E-state index in [0.29, 0.717) is 0 Å². The van der Waals surface area contributed by atoms with Gasteiger partial charge in [0, 0.05) is 31.1 Å². The highest BCUT2D eigenvalue weighted by atomic mass is 16.5. The number of hydrogen-bond donors (Lipinski definition) is 1. The van der Waals surface area contributed by atoms with Crippen molar-refractivity contribution in [3.05, 3.63) is 29.3 Å². The summed E-state index contributed by atoms with van der Waals surface area (Å²) < 4.78 is 6.37. The number of hydrogen-bond acceptors (Lipinski definition) is 3. The fourth-order valence-electron chi connectivity index (χ4n) is 3.42.